The molecule has 1 unspecified atom stereocenters. The molecule has 1 N–H and O–H groups in total. The van der Waals surface area contributed by atoms with Gasteiger partial charge in [-0.3, -0.25) is 4.90 Å². The Morgan fingerprint density at radius 3 is 2.52 bits per heavy atom. The topological polar surface area (TPSA) is 41.9 Å². The van der Waals surface area contributed by atoms with Gasteiger partial charge in [-0.15, -0.1) is 13.2 Å². The van der Waals surface area contributed by atoms with E-state index in [1.807, 2.05) is 6.92 Å². The van der Waals surface area contributed by atoms with Crippen LogP contribution in [0.4, 0.5) is 13.2 Å². The fourth-order valence-electron chi connectivity index (χ4n) is 3.86. The lowest BCUT2D eigenvalue weighted by atomic mass is 9.78. The Morgan fingerprint density at radius 1 is 1.20 bits per heavy atom. The zero-order valence-corrected chi connectivity index (χ0v) is 14.3. The molecule has 0 aromatic heterocycles. The lowest BCUT2D eigenvalue weighted by Crippen LogP contribution is -2.53. The molecule has 25 heavy (non-hydrogen) atoms. The Kier molecular flexibility index (Phi) is 5.01. The first-order chi connectivity index (χ1) is 11.7. The minimum Gasteiger partial charge on any atom is -0.405 e. The number of hydrogen-bond donors (Lipinski definition) is 1. The van der Waals surface area contributed by atoms with Crippen LogP contribution < -0.4 is 4.74 Å². The van der Waals surface area contributed by atoms with Crippen molar-refractivity contribution in [2.45, 2.75) is 56.7 Å². The van der Waals surface area contributed by atoms with Crippen molar-refractivity contribution < 1.29 is 27.8 Å². The molecule has 2 aliphatic heterocycles. The summed E-state index contributed by atoms with van der Waals surface area (Å²) in [6, 6.07) is 6.25. The third-order valence-electron chi connectivity index (χ3n) is 5.11. The standard InChI is InChI=1S/C18H24F3NO3/c1-16(23)8-11-24-17(13-16)6-9-22(10-7-17)12-14-4-2-3-5-15(14)25-18(19,20)21/h2-5,23H,6-13H2,1H3. The van der Waals surface area contributed by atoms with Crippen LogP contribution in [-0.2, 0) is 11.3 Å². The molecule has 1 atom stereocenters. The highest BCUT2D eigenvalue weighted by Gasteiger charge is 2.44. The van der Waals surface area contributed by atoms with Crippen LogP contribution in [0.1, 0.15) is 38.2 Å². The van der Waals surface area contributed by atoms with Gasteiger partial charge in [-0.2, -0.15) is 0 Å². The highest BCUT2D eigenvalue weighted by Crippen LogP contribution is 2.40. The van der Waals surface area contributed by atoms with Crippen molar-refractivity contribution >= 4 is 0 Å². The maximum Gasteiger partial charge on any atom is 0.573 e. The molecular weight excluding hydrogens is 335 g/mol. The van der Waals surface area contributed by atoms with E-state index in [9.17, 15) is 18.3 Å². The Morgan fingerprint density at radius 2 is 1.88 bits per heavy atom. The first-order valence-corrected chi connectivity index (χ1v) is 8.59. The molecule has 2 saturated heterocycles. The molecular formula is C18H24F3NO3. The molecule has 1 aromatic rings. The fraction of sp³-hybridized carbons (Fsp3) is 0.667. The fourth-order valence-corrected chi connectivity index (χ4v) is 3.86. The highest BCUT2D eigenvalue weighted by molar-refractivity contribution is 5.33. The molecule has 0 aliphatic carbocycles. The minimum absolute atomic E-state index is 0.146. The molecule has 0 saturated carbocycles. The van der Waals surface area contributed by atoms with Gasteiger partial charge in [0.1, 0.15) is 5.75 Å². The van der Waals surface area contributed by atoms with E-state index in [-0.39, 0.29) is 11.4 Å². The smallest absolute Gasteiger partial charge is 0.405 e. The maximum absolute atomic E-state index is 12.5. The Labute approximate surface area is 145 Å². The molecule has 3 rings (SSSR count). The average Bonchev–Trinajstić information content (AvgIpc) is 2.49. The van der Waals surface area contributed by atoms with Crippen molar-refractivity contribution in [1.82, 2.24) is 4.90 Å². The predicted molar refractivity (Wildman–Crippen MR) is 86.2 cm³/mol. The second-order valence-corrected chi connectivity index (χ2v) is 7.39. The van der Waals surface area contributed by atoms with E-state index in [0.29, 0.717) is 31.6 Å². The maximum atomic E-state index is 12.5. The number of halogens is 3. The summed E-state index contributed by atoms with van der Waals surface area (Å²) in [4.78, 5) is 2.11. The van der Waals surface area contributed by atoms with E-state index < -0.39 is 12.0 Å². The molecule has 140 valence electrons. The monoisotopic (exact) mass is 359 g/mol. The summed E-state index contributed by atoms with van der Waals surface area (Å²) < 4.78 is 47.7. The van der Waals surface area contributed by atoms with Crippen molar-refractivity contribution in [1.29, 1.82) is 0 Å². The number of alkyl halides is 3. The third kappa shape index (κ3) is 4.86. The van der Waals surface area contributed by atoms with Gasteiger partial charge < -0.3 is 14.6 Å². The molecule has 1 spiro atoms. The highest BCUT2D eigenvalue weighted by atomic mass is 19.4. The molecule has 7 heteroatoms. The number of nitrogens with zero attached hydrogens (tertiary/aromatic N) is 1. The lowest BCUT2D eigenvalue weighted by Gasteiger charge is -2.48. The van der Waals surface area contributed by atoms with Gasteiger partial charge in [-0.1, -0.05) is 18.2 Å². The second-order valence-electron chi connectivity index (χ2n) is 7.39. The van der Waals surface area contributed by atoms with Gasteiger partial charge in [0.15, 0.2) is 0 Å². The summed E-state index contributed by atoms with van der Waals surface area (Å²) in [6.45, 7) is 4.23. The van der Waals surface area contributed by atoms with Gasteiger partial charge in [-0.05, 0) is 32.3 Å². The number of rotatable bonds is 3. The van der Waals surface area contributed by atoms with Gasteiger partial charge >= 0.3 is 6.36 Å². The number of piperidine rings is 1. The summed E-state index contributed by atoms with van der Waals surface area (Å²) in [7, 11) is 0. The zero-order valence-electron chi connectivity index (χ0n) is 14.3. The van der Waals surface area contributed by atoms with Gasteiger partial charge in [0, 0.05) is 31.6 Å². The number of benzene rings is 1. The molecule has 4 nitrogen and oxygen atoms in total. The summed E-state index contributed by atoms with van der Waals surface area (Å²) in [5, 5.41) is 10.3. The van der Waals surface area contributed by atoms with E-state index in [1.54, 1.807) is 12.1 Å². The van der Waals surface area contributed by atoms with Crippen molar-refractivity contribution in [2.24, 2.45) is 0 Å². The third-order valence-corrected chi connectivity index (χ3v) is 5.11. The van der Waals surface area contributed by atoms with Crippen LogP contribution in [-0.4, -0.2) is 47.3 Å². The Bertz CT molecular complexity index is 595. The first-order valence-electron chi connectivity index (χ1n) is 8.59. The van der Waals surface area contributed by atoms with E-state index in [2.05, 4.69) is 9.64 Å². The van der Waals surface area contributed by atoms with E-state index in [4.69, 9.17) is 4.74 Å². The predicted octanol–water partition coefficient (Wildman–Crippen LogP) is 3.48. The Hall–Kier alpha value is -1.31. The van der Waals surface area contributed by atoms with Gasteiger partial charge in [0.25, 0.3) is 0 Å². The van der Waals surface area contributed by atoms with Gasteiger partial charge in [0.05, 0.1) is 17.8 Å². The minimum atomic E-state index is -4.69. The molecule has 0 bridgehead atoms. The molecule has 0 amide bonds. The van der Waals surface area contributed by atoms with Crippen molar-refractivity contribution in [2.75, 3.05) is 19.7 Å². The van der Waals surface area contributed by atoms with Crippen LogP contribution in [0.25, 0.3) is 0 Å². The average molecular weight is 359 g/mol. The second kappa shape index (κ2) is 6.78. The summed E-state index contributed by atoms with van der Waals surface area (Å²) in [5.74, 6) is -0.146. The summed E-state index contributed by atoms with van der Waals surface area (Å²) in [5.41, 5.74) is -0.485. The Balaban J connectivity index is 1.61. The van der Waals surface area contributed by atoms with Gasteiger partial charge in [0.2, 0.25) is 0 Å². The van der Waals surface area contributed by atoms with E-state index >= 15 is 0 Å². The number of hydrogen-bond acceptors (Lipinski definition) is 4. The van der Waals surface area contributed by atoms with Crippen LogP contribution in [0.2, 0.25) is 0 Å². The van der Waals surface area contributed by atoms with Crippen molar-refractivity contribution in [3.8, 4) is 5.75 Å². The summed E-state index contributed by atoms with van der Waals surface area (Å²) >= 11 is 0. The number of ether oxygens (including phenoxy) is 2. The summed E-state index contributed by atoms with van der Waals surface area (Å²) in [6.07, 6.45) is -1.90. The number of likely N-dealkylation sites (tertiary alicyclic amines) is 1. The van der Waals surface area contributed by atoms with Crippen LogP contribution in [0.5, 0.6) is 5.75 Å². The van der Waals surface area contributed by atoms with Crippen LogP contribution in [0, 0.1) is 0 Å². The normalized spacial score (nSPS) is 27.4. The van der Waals surface area contributed by atoms with Crippen LogP contribution >= 0.6 is 0 Å². The van der Waals surface area contributed by atoms with Gasteiger partial charge in [-0.25, -0.2) is 0 Å². The SMILES string of the molecule is CC1(O)CCOC2(CCN(Cc3ccccc3OC(F)(F)F)CC2)C1. The van der Waals surface area contributed by atoms with Crippen LogP contribution in [0.15, 0.2) is 24.3 Å². The van der Waals surface area contributed by atoms with Crippen molar-refractivity contribution in [3.05, 3.63) is 29.8 Å². The van der Waals surface area contributed by atoms with Crippen molar-refractivity contribution in [3.63, 3.8) is 0 Å². The lowest BCUT2D eigenvalue weighted by molar-refractivity contribution is -0.275. The quantitative estimate of drug-likeness (QED) is 0.897. The molecule has 0 radical (unpaired) electrons. The van der Waals surface area contributed by atoms with E-state index in [0.717, 1.165) is 25.9 Å². The van der Waals surface area contributed by atoms with E-state index in [1.165, 1.54) is 12.1 Å². The van der Waals surface area contributed by atoms with Crippen LogP contribution in [0.3, 0.4) is 0 Å². The number of aliphatic hydroxyl groups is 1. The first kappa shape index (κ1) is 18.5. The largest absolute Gasteiger partial charge is 0.573 e. The molecule has 2 fully saturated rings. The molecule has 2 aliphatic rings. The molecule has 1 aromatic carbocycles. The number of para-hydroxylation sites is 1. The zero-order chi connectivity index (χ0) is 18.1. The molecule has 2 heterocycles.